The number of hydrogen-bond donors (Lipinski definition) is 0. The van der Waals surface area contributed by atoms with Crippen LogP contribution in [0.25, 0.3) is 22.4 Å². The van der Waals surface area contributed by atoms with Crippen molar-refractivity contribution in [2.75, 3.05) is 6.61 Å². The average Bonchev–Trinajstić information content (AvgIpc) is 3.64. The van der Waals surface area contributed by atoms with Crippen molar-refractivity contribution in [2.45, 2.75) is 12.8 Å². The third kappa shape index (κ3) is 5.22. The molecule has 8 heteroatoms. The van der Waals surface area contributed by atoms with Crippen LogP contribution in [0.3, 0.4) is 0 Å². The molecule has 0 bridgehead atoms. The number of aromatic nitrogens is 3. The third-order valence-corrected chi connectivity index (χ3v) is 5.97. The molecule has 0 N–H and O–H groups in total. The summed E-state index contributed by atoms with van der Waals surface area (Å²) < 4.78 is 12.1. The van der Waals surface area contributed by atoms with Crippen LogP contribution in [0.4, 0.5) is 0 Å². The topological polar surface area (TPSA) is 57.1 Å². The summed E-state index contributed by atoms with van der Waals surface area (Å²) in [6, 6.07) is 16.5. The molecule has 166 valence electrons. The number of pyridine rings is 1. The molecule has 1 fully saturated rings. The van der Waals surface area contributed by atoms with Crippen molar-refractivity contribution in [3.05, 3.63) is 82.1 Å². The van der Waals surface area contributed by atoms with Crippen LogP contribution < -0.4 is 9.47 Å². The predicted molar refractivity (Wildman–Crippen MR) is 130 cm³/mol. The molecule has 0 spiro atoms. The Morgan fingerprint density at radius 2 is 1.70 bits per heavy atom. The Morgan fingerprint density at radius 3 is 2.39 bits per heavy atom. The van der Waals surface area contributed by atoms with Crippen LogP contribution in [0, 0.1) is 5.92 Å². The number of halogens is 3. The van der Waals surface area contributed by atoms with Crippen molar-refractivity contribution in [3.8, 4) is 40.0 Å². The molecule has 2 heterocycles. The first-order valence-corrected chi connectivity index (χ1v) is 11.5. The number of nitrogens with zero attached hydrogens (tertiary/aromatic N) is 3. The highest BCUT2D eigenvalue weighted by molar-refractivity contribution is 6.36. The summed E-state index contributed by atoms with van der Waals surface area (Å²) >= 11 is 18.9. The molecule has 2 aromatic carbocycles. The van der Waals surface area contributed by atoms with E-state index in [0.717, 1.165) is 18.4 Å². The van der Waals surface area contributed by atoms with Crippen LogP contribution in [0.15, 0.2) is 67.0 Å². The molecule has 5 rings (SSSR count). The molecule has 4 aromatic rings. The SMILES string of the molecule is Clc1ccc(-c2c(Oc3cccnc3)nc(OCC3CC3)nc2-c2ccc(Cl)cc2Cl)cc1. The molecular formula is C25H18Cl3N3O2. The Morgan fingerprint density at radius 1 is 0.909 bits per heavy atom. The van der Waals surface area contributed by atoms with E-state index in [4.69, 9.17) is 49.3 Å². The van der Waals surface area contributed by atoms with E-state index in [9.17, 15) is 0 Å². The standard InChI is InChI=1S/C25H18Cl3N3O2/c26-17-7-5-16(6-8-17)22-23(20-10-9-18(27)12-21(20)28)30-25(32-14-15-3-4-15)31-24(22)33-19-2-1-11-29-13-19/h1-2,5-13,15H,3-4,14H2. The van der Waals surface area contributed by atoms with Gasteiger partial charge in [-0.25, -0.2) is 0 Å². The fraction of sp³-hybridized carbons (Fsp3) is 0.160. The van der Waals surface area contributed by atoms with Crippen molar-refractivity contribution in [1.82, 2.24) is 15.0 Å². The zero-order chi connectivity index (χ0) is 22.8. The molecule has 2 aromatic heterocycles. The molecule has 0 saturated heterocycles. The van der Waals surface area contributed by atoms with Gasteiger partial charge in [0.1, 0.15) is 5.75 Å². The molecule has 0 unspecified atom stereocenters. The minimum atomic E-state index is 0.222. The Hall–Kier alpha value is -2.86. The first kappa shape index (κ1) is 22.0. The molecule has 1 saturated carbocycles. The summed E-state index contributed by atoms with van der Waals surface area (Å²) in [6.45, 7) is 0.556. The van der Waals surface area contributed by atoms with E-state index in [1.54, 1.807) is 48.8 Å². The van der Waals surface area contributed by atoms with E-state index in [2.05, 4.69) is 9.97 Å². The maximum Gasteiger partial charge on any atom is 0.320 e. The lowest BCUT2D eigenvalue weighted by Crippen LogP contribution is -2.06. The van der Waals surface area contributed by atoms with Crippen molar-refractivity contribution >= 4 is 34.8 Å². The van der Waals surface area contributed by atoms with Crippen LogP contribution in [-0.2, 0) is 0 Å². The molecule has 5 nitrogen and oxygen atoms in total. The molecule has 0 radical (unpaired) electrons. The van der Waals surface area contributed by atoms with Gasteiger partial charge in [0, 0.05) is 21.8 Å². The van der Waals surface area contributed by atoms with E-state index in [0.29, 0.717) is 56.0 Å². The maximum atomic E-state index is 6.59. The minimum absolute atomic E-state index is 0.222. The summed E-state index contributed by atoms with van der Waals surface area (Å²) in [5.74, 6) is 1.40. The van der Waals surface area contributed by atoms with Gasteiger partial charge in [-0.2, -0.15) is 9.97 Å². The Bertz CT molecular complexity index is 1280. The molecule has 1 aliphatic carbocycles. The fourth-order valence-electron chi connectivity index (χ4n) is 3.31. The Kier molecular flexibility index (Phi) is 6.36. The second kappa shape index (κ2) is 9.56. The van der Waals surface area contributed by atoms with Gasteiger partial charge in [0.05, 0.1) is 29.1 Å². The molecule has 1 aliphatic rings. The van der Waals surface area contributed by atoms with Gasteiger partial charge in [-0.3, -0.25) is 4.98 Å². The van der Waals surface area contributed by atoms with Gasteiger partial charge < -0.3 is 9.47 Å². The quantitative estimate of drug-likeness (QED) is 0.261. The lowest BCUT2D eigenvalue weighted by Gasteiger charge is -2.17. The van der Waals surface area contributed by atoms with Crippen molar-refractivity contribution in [2.24, 2.45) is 5.92 Å². The maximum absolute atomic E-state index is 6.59. The first-order chi connectivity index (χ1) is 16.1. The smallest absolute Gasteiger partial charge is 0.320 e. The average molecular weight is 499 g/mol. The predicted octanol–water partition coefficient (Wildman–Crippen LogP) is 7.75. The van der Waals surface area contributed by atoms with Crippen LogP contribution in [-0.4, -0.2) is 21.6 Å². The first-order valence-electron chi connectivity index (χ1n) is 10.4. The Balaban J connectivity index is 1.71. The van der Waals surface area contributed by atoms with Crippen LogP contribution in [0.2, 0.25) is 15.1 Å². The third-order valence-electron chi connectivity index (χ3n) is 5.17. The minimum Gasteiger partial charge on any atom is -0.463 e. The van der Waals surface area contributed by atoms with Gasteiger partial charge in [-0.1, -0.05) is 46.9 Å². The highest BCUT2D eigenvalue weighted by Gasteiger charge is 2.25. The molecular weight excluding hydrogens is 481 g/mol. The Labute approximate surface area is 206 Å². The normalized spacial score (nSPS) is 13.1. The summed E-state index contributed by atoms with van der Waals surface area (Å²) in [7, 11) is 0. The molecule has 0 aliphatic heterocycles. The van der Waals surface area contributed by atoms with Crippen molar-refractivity contribution in [3.63, 3.8) is 0 Å². The summed E-state index contributed by atoms with van der Waals surface area (Å²) in [5.41, 5.74) is 2.71. The van der Waals surface area contributed by atoms with Gasteiger partial charge in [-0.05, 0) is 66.8 Å². The van der Waals surface area contributed by atoms with Gasteiger partial charge in [0.15, 0.2) is 0 Å². The number of hydrogen-bond acceptors (Lipinski definition) is 5. The van der Waals surface area contributed by atoms with Gasteiger partial charge in [0.25, 0.3) is 0 Å². The number of rotatable bonds is 7. The summed E-state index contributed by atoms with van der Waals surface area (Å²) in [6.07, 6.45) is 5.60. The van der Waals surface area contributed by atoms with Crippen LogP contribution in [0.5, 0.6) is 17.6 Å². The number of ether oxygens (including phenoxy) is 2. The van der Waals surface area contributed by atoms with E-state index >= 15 is 0 Å². The molecule has 0 atom stereocenters. The highest BCUT2D eigenvalue weighted by Crippen LogP contribution is 2.43. The lowest BCUT2D eigenvalue weighted by molar-refractivity contribution is 0.273. The van der Waals surface area contributed by atoms with Gasteiger partial charge in [-0.15, -0.1) is 0 Å². The zero-order valence-corrected chi connectivity index (χ0v) is 19.6. The lowest BCUT2D eigenvalue weighted by atomic mass is 10.00. The monoisotopic (exact) mass is 497 g/mol. The van der Waals surface area contributed by atoms with E-state index in [-0.39, 0.29) is 6.01 Å². The molecule has 33 heavy (non-hydrogen) atoms. The van der Waals surface area contributed by atoms with E-state index < -0.39 is 0 Å². The second-order valence-corrected chi connectivity index (χ2v) is 8.99. The molecule has 0 amide bonds. The highest BCUT2D eigenvalue weighted by atomic mass is 35.5. The summed E-state index contributed by atoms with van der Waals surface area (Å²) in [4.78, 5) is 13.5. The van der Waals surface area contributed by atoms with Crippen LogP contribution in [0.1, 0.15) is 12.8 Å². The zero-order valence-electron chi connectivity index (χ0n) is 17.3. The largest absolute Gasteiger partial charge is 0.463 e. The van der Waals surface area contributed by atoms with Gasteiger partial charge >= 0.3 is 6.01 Å². The van der Waals surface area contributed by atoms with Crippen molar-refractivity contribution < 1.29 is 9.47 Å². The second-order valence-electron chi connectivity index (χ2n) is 7.71. The van der Waals surface area contributed by atoms with E-state index in [1.165, 1.54) is 0 Å². The van der Waals surface area contributed by atoms with Crippen molar-refractivity contribution in [1.29, 1.82) is 0 Å². The number of benzene rings is 2. The summed E-state index contributed by atoms with van der Waals surface area (Å²) in [5, 5.41) is 1.60. The van der Waals surface area contributed by atoms with Crippen LogP contribution >= 0.6 is 34.8 Å². The van der Waals surface area contributed by atoms with E-state index in [1.807, 2.05) is 18.2 Å². The van der Waals surface area contributed by atoms with Gasteiger partial charge in [0.2, 0.25) is 5.88 Å². The fourth-order valence-corrected chi connectivity index (χ4v) is 3.93.